The maximum atomic E-state index is 12.6. The molecule has 2 amide bonds. The number of benzene rings is 2. The van der Waals surface area contributed by atoms with Crippen LogP contribution in [0.5, 0.6) is 5.75 Å². The molecule has 1 heterocycles. The highest BCUT2D eigenvalue weighted by molar-refractivity contribution is 6.31. The van der Waals surface area contributed by atoms with Crippen LogP contribution in [0.15, 0.2) is 48.5 Å². The number of nitrogens with zero attached hydrogens (tertiary/aromatic N) is 2. The van der Waals surface area contributed by atoms with Gasteiger partial charge in [-0.2, -0.15) is 0 Å². The van der Waals surface area contributed by atoms with Gasteiger partial charge in [-0.1, -0.05) is 35.9 Å². The fourth-order valence-electron chi connectivity index (χ4n) is 3.00. The van der Waals surface area contributed by atoms with Gasteiger partial charge in [0, 0.05) is 36.8 Å². The molecule has 0 N–H and O–H groups in total. The van der Waals surface area contributed by atoms with Crippen molar-refractivity contribution in [3.05, 3.63) is 64.7 Å². The number of hydrogen-bond acceptors (Lipinski definition) is 3. The van der Waals surface area contributed by atoms with Crippen LogP contribution in [0.1, 0.15) is 15.9 Å². The van der Waals surface area contributed by atoms with E-state index >= 15 is 0 Å². The van der Waals surface area contributed by atoms with Crippen LogP contribution < -0.4 is 4.74 Å². The second kappa shape index (κ2) is 8.23. The molecule has 0 spiro atoms. The summed E-state index contributed by atoms with van der Waals surface area (Å²) in [7, 11) is 1.58. The van der Waals surface area contributed by atoms with E-state index in [-0.39, 0.29) is 18.2 Å². The Morgan fingerprint density at radius 2 is 1.65 bits per heavy atom. The maximum absolute atomic E-state index is 12.6. The van der Waals surface area contributed by atoms with Crippen LogP contribution in [0.25, 0.3) is 0 Å². The highest BCUT2D eigenvalue weighted by Crippen LogP contribution is 2.23. The van der Waals surface area contributed by atoms with Crippen LogP contribution in [0, 0.1) is 0 Å². The van der Waals surface area contributed by atoms with Crippen LogP contribution in [0.2, 0.25) is 5.02 Å². The average Bonchev–Trinajstić information content (AvgIpc) is 2.69. The summed E-state index contributed by atoms with van der Waals surface area (Å²) in [6.45, 7) is 2.14. The van der Waals surface area contributed by atoms with E-state index in [0.717, 1.165) is 5.56 Å². The summed E-state index contributed by atoms with van der Waals surface area (Å²) in [5.41, 5.74) is 1.46. The van der Waals surface area contributed by atoms with Crippen LogP contribution >= 0.6 is 11.6 Å². The summed E-state index contributed by atoms with van der Waals surface area (Å²) in [6.07, 6.45) is 0.245. The van der Waals surface area contributed by atoms with Gasteiger partial charge in [-0.25, -0.2) is 0 Å². The third kappa shape index (κ3) is 4.17. The summed E-state index contributed by atoms with van der Waals surface area (Å²) < 4.78 is 5.12. The smallest absolute Gasteiger partial charge is 0.253 e. The Labute approximate surface area is 158 Å². The summed E-state index contributed by atoms with van der Waals surface area (Å²) in [4.78, 5) is 28.6. The van der Waals surface area contributed by atoms with Crippen molar-refractivity contribution < 1.29 is 14.3 Å². The first-order valence-corrected chi connectivity index (χ1v) is 8.91. The Kier molecular flexibility index (Phi) is 5.78. The van der Waals surface area contributed by atoms with Gasteiger partial charge in [0.15, 0.2) is 0 Å². The quantitative estimate of drug-likeness (QED) is 0.829. The minimum absolute atomic E-state index is 0.0101. The van der Waals surface area contributed by atoms with Gasteiger partial charge >= 0.3 is 0 Å². The Morgan fingerprint density at radius 1 is 1.00 bits per heavy atom. The molecule has 6 heteroatoms. The van der Waals surface area contributed by atoms with Crippen molar-refractivity contribution in [1.29, 1.82) is 0 Å². The van der Waals surface area contributed by atoms with Gasteiger partial charge in [-0.3, -0.25) is 9.59 Å². The molecule has 0 aromatic heterocycles. The molecule has 0 bridgehead atoms. The number of carbonyl (C=O) groups is 2. The number of rotatable bonds is 4. The van der Waals surface area contributed by atoms with Crippen LogP contribution in [-0.4, -0.2) is 54.9 Å². The second-order valence-corrected chi connectivity index (χ2v) is 6.58. The zero-order valence-corrected chi connectivity index (χ0v) is 15.4. The Hall–Kier alpha value is -2.53. The molecule has 0 aliphatic carbocycles. The zero-order valence-electron chi connectivity index (χ0n) is 14.7. The molecule has 1 aliphatic rings. The highest BCUT2D eigenvalue weighted by atomic mass is 35.5. The lowest BCUT2D eigenvalue weighted by Gasteiger charge is -2.35. The standard InChI is InChI=1S/C20H21ClN2O3/c1-26-17-8-7-16(18(21)14-17)13-19(24)22-9-11-23(12-10-22)20(25)15-5-3-2-4-6-15/h2-8,14H,9-13H2,1H3. The van der Waals surface area contributed by atoms with Gasteiger partial charge in [-0.05, 0) is 29.8 Å². The molecule has 2 aromatic rings. The van der Waals surface area contributed by atoms with Crippen LogP contribution in [0.3, 0.4) is 0 Å². The monoisotopic (exact) mass is 372 g/mol. The Bertz CT molecular complexity index is 787. The molecule has 3 rings (SSSR count). The van der Waals surface area contributed by atoms with Crippen LogP contribution in [0.4, 0.5) is 0 Å². The number of methoxy groups -OCH3 is 1. The Morgan fingerprint density at radius 3 is 2.27 bits per heavy atom. The number of amides is 2. The van der Waals surface area contributed by atoms with Gasteiger partial charge in [0.1, 0.15) is 5.75 Å². The molecule has 1 saturated heterocycles. The summed E-state index contributed by atoms with van der Waals surface area (Å²) >= 11 is 6.22. The van der Waals surface area contributed by atoms with Gasteiger partial charge in [0.05, 0.1) is 13.5 Å². The maximum Gasteiger partial charge on any atom is 0.253 e. The average molecular weight is 373 g/mol. The lowest BCUT2D eigenvalue weighted by atomic mass is 10.1. The minimum atomic E-state index is 0.0101. The summed E-state index contributed by atoms with van der Waals surface area (Å²) in [6, 6.07) is 14.5. The normalized spacial score (nSPS) is 14.2. The Balaban J connectivity index is 1.56. The summed E-state index contributed by atoms with van der Waals surface area (Å²) in [5, 5.41) is 0.524. The van der Waals surface area contributed by atoms with E-state index in [1.165, 1.54) is 0 Å². The van der Waals surface area contributed by atoms with Crippen molar-refractivity contribution >= 4 is 23.4 Å². The number of piperazine rings is 1. The van der Waals surface area contributed by atoms with Crippen molar-refractivity contribution in [2.24, 2.45) is 0 Å². The predicted molar refractivity (Wildman–Crippen MR) is 101 cm³/mol. The molecule has 5 nitrogen and oxygen atoms in total. The van der Waals surface area contributed by atoms with E-state index in [4.69, 9.17) is 16.3 Å². The van der Waals surface area contributed by atoms with E-state index < -0.39 is 0 Å². The SMILES string of the molecule is COc1ccc(CC(=O)N2CCN(C(=O)c3ccccc3)CC2)c(Cl)c1. The van der Waals surface area contributed by atoms with Gasteiger partial charge < -0.3 is 14.5 Å². The lowest BCUT2D eigenvalue weighted by Crippen LogP contribution is -2.51. The molecule has 0 radical (unpaired) electrons. The highest BCUT2D eigenvalue weighted by Gasteiger charge is 2.25. The first-order valence-electron chi connectivity index (χ1n) is 8.53. The molecule has 0 atom stereocenters. The van der Waals surface area contributed by atoms with Crippen LogP contribution in [-0.2, 0) is 11.2 Å². The molecule has 1 aliphatic heterocycles. The van der Waals surface area contributed by atoms with Crippen molar-refractivity contribution in [2.75, 3.05) is 33.3 Å². The molecule has 0 saturated carbocycles. The van der Waals surface area contributed by atoms with E-state index in [1.54, 1.807) is 29.0 Å². The largest absolute Gasteiger partial charge is 0.497 e. The van der Waals surface area contributed by atoms with Gasteiger partial charge in [-0.15, -0.1) is 0 Å². The molecule has 26 heavy (non-hydrogen) atoms. The van der Waals surface area contributed by atoms with Crippen molar-refractivity contribution in [1.82, 2.24) is 9.80 Å². The minimum Gasteiger partial charge on any atom is -0.497 e. The van der Waals surface area contributed by atoms with E-state index in [2.05, 4.69) is 0 Å². The zero-order chi connectivity index (χ0) is 18.5. The number of ether oxygens (including phenoxy) is 1. The fourth-order valence-corrected chi connectivity index (χ4v) is 3.23. The number of halogens is 1. The molecule has 1 fully saturated rings. The molecular weight excluding hydrogens is 352 g/mol. The number of carbonyl (C=O) groups excluding carboxylic acids is 2. The first kappa shape index (κ1) is 18.3. The molecule has 0 unspecified atom stereocenters. The van der Waals surface area contributed by atoms with E-state index in [1.807, 2.05) is 36.4 Å². The predicted octanol–water partition coefficient (Wildman–Crippen LogP) is 2.88. The second-order valence-electron chi connectivity index (χ2n) is 6.17. The third-order valence-corrected chi connectivity index (χ3v) is 4.89. The van der Waals surface area contributed by atoms with Crippen molar-refractivity contribution in [2.45, 2.75) is 6.42 Å². The lowest BCUT2D eigenvalue weighted by molar-refractivity contribution is -0.131. The fraction of sp³-hybridized carbons (Fsp3) is 0.300. The molecule has 136 valence electrons. The first-order chi connectivity index (χ1) is 12.6. The topological polar surface area (TPSA) is 49.9 Å². The van der Waals surface area contributed by atoms with Crippen molar-refractivity contribution in [3.8, 4) is 5.75 Å². The van der Waals surface area contributed by atoms with E-state index in [9.17, 15) is 9.59 Å². The van der Waals surface area contributed by atoms with Gasteiger partial charge in [0.25, 0.3) is 5.91 Å². The van der Waals surface area contributed by atoms with E-state index in [0.29, 0.717) is 42.5 Å². The number of hydrogen-bond donors (Lipinski definition) is 0. The third-order valence-electron chi connectivity index (χ3n) is 4.54. The molecule has 2 aromatic carbocycles. The van der Waals surface area contributed by atoms with Gasteiger partial charge in [0.2, 0.25) is 5.91 Å². The summed E-state index contributed by atoms with van der Waals surface area (Å²) in [5.74, 6) is 0.694. The van der Waals surface area contributed by atoms with Crippen molar-refractivity contribution in [3.63, 3.8) is 0 Å². The molecular formula is C20H21ClN2O3.